The highest BCUT2D eigenvalue weighted by Gasteiger charge is 2.46. The third-order valence-electron chi connectivity index (χ3n) is 5.59. The number of unbranched alkanes of at least 4 members (excludes halogenated alkanes) is 1. The highest BCUT2D eigenvalue weighted by atomic mass is 28.4. The van der Waals surface area contributed by atoms with E-state index in [0.717, 1.165) is 25.7 Å². The summed E-state index contributed by atoms with van der Waals surface area (Å²) in [7, 11) is -1.92. The third-order valence-corrected chi connectivity index (χ3v) is 11.5. The van der Waals surface area contributed by atoms with E-state index in [4.69, 9.17) is 4.43 Å². The first-order chi connectivity index (χ1) is 13.1. The van der Waals surface area contributed by atoms with Crippen molar-refractivity contribution in [3.05, 3.63) is 35.9 Å². The van der Waals surface area contributed by atoms with Gasteiger partial charge in [-0.05, 0) is 48.9 Å². The monoisotopic (exact) mass is 396 g/mol. The Morgan fingerprint density at radius 1 is 0.893 bits per heavy atom. The molecule has 0 atom stereocenters. The average molecular weight is 397 g/mol. The van der Waals surface area contributed by atoms with Gasteiger partial charge in [0.1, 0.15) is 0 Å². The molecule has 0 spiro atoms. The van der Waals surface area contributed by atoms with Crippen molar-refractivity contribution in [2.45, 2.75) is 97.7 Å². The number of benzene rings is 1. The van der Waals surface area contributed by atoms with E-state index in [9.17, 15) is 0 Å². The van der Waals surface area contributed by atoms with E-state index in [2.05, 4.69) is 110 Å². The first kappa shape index (κ1) is 24.4. The maximum absolute atomic E-state index is 6.37. The highest BCUT2D eigenvalue weighted by Crippen LogP contribution is 2.42. The van der Waals surface area contributed by atoms with Crippen LogP contribution in [0.4, 0.5) is 0 Å². The van der Waals surface area contributed by atoms with Crippen LogP contribution in [0.1, 0.15) is 80.2 Å². The second-order valence-corrected chi connectivity index (χ2v) is 14.8. The van der Waals surface area contributed by atoms with Crippen molar-refractivity contribution in [3.8, 4) is 23.9 Å². The third kappa shape index (κ3) is 7.41. The Hall–Kier alpha value is -1.64. The molecule has 0 heterocycles. The predicted octanol–water partition coefficient (Wildman–Crippen LogP) is 7.58. The number of rotatable bonds is 8. The van der Waals surface area contributed by atoms with Gasteiger partial charge in [0.2, 0.25) is 0 Å². The van der Waals surface area contributed by atoms with E-state index < -0.39 is 8.32 Å². The predicted molar refractivity (Wildman–Crippen MR) is 125 cm³/mol. The molecule has 0 aliphatic heterocycles. The first-order valence-corrected chi connectivity index (χ1v) is 13.0. The number of aryl methyl sites for hydroxylation is 1. The molecule has 0 aliphatic rings. The molecular formula is C26H40OSi. The quantitative estimate of drug-likeness (QED) is 0.250. The minimum atomic E-state index is -1.92. The summed E-state index contributed by atoms with van der Waals surface area (Å²) in [4.78, 5) is 0. The fraction of sp³-hybridized carbons (Fsp3) is 0.615. The molecule has 1 rings (SSSR count). The number of hydrogen-bond donors (Lipinski definition) is 0. The Balaban J connectivity index is 2.58. The molecule has 0 saturated carbocycles. The summed E-state index contributed by atoms with van der Waals surface area (Å²) < 4.78 is 6.37. The molecule has 1 aromatic rings. The minimum absolute atomic E-state index is 0.141. The van der Waals surface area contributed by atoms with Gasteiger partial charge < -0.3 is 4.43 Å². The summed E-state index contributed by atoms with van der Waals surface area (Å²) in [5.41, 5.74) is 2.90. The lowest BCUT2D eigenvalue weighted by atomic mass is 9.91. The maximum atomic E-state index is 6.37. The highest BCUT2D eigenvalue weighted by molar-refractivity contribution is 6.77. The van der Waals surface area contributed by atoms with E-state index in [1.165, 1.54) is 5.56 Å². The largest absolute Gasteiger partial charge is 0.500 e. The fourth-order valence-electron chi connectivity index (χ4n) is 4.05. The zero-order valence-electron chi connectivity index (χ0n) is 19.4. The van der Waals surface area contributed by atoms with Crippen LogP contribution in [0.25, 0.3) is 0 Å². The van der Waals surface area contributed by atoms with Crippen LogP contribution in [-0.2, 0) is 10.8 Å². The van der Waals surface area contributed by atoms with Crippen molar-refractivity contribution in [3.63, 3.8) is 0 Å². The molecule has 1 nitrogen and oxygen atoms in total. The van der Waals surface area contributed by atoms with Gasteiger partial charge in [0.05, 0.1) is 6.11 Å². The lowest BCUT2D eigenvalue weighted by Crippen LogP contribution is -2.46. The van der Waals surface area contributed by atoms with Crippen LogP contribution in [0.5, 0.6) is 0 Å². The van der Waals surface area contributed by atoms with Crippen LogP contribution in [-0.4, -0.2) is 8.32 Å². The molecule has 0 unspecified atom stereocenters. The summed E-state index contributed by atoms with van der Waals surface area (Å²) in [6.07, 6.45) is 7.06. The van der Waals surface area contributed by atoms with Crippen LogP contribution in [0.2, 0.25) is 16.6 Å². The van der Waals surface area contributed by atoms with Crippen LogP contribution < -0.4 is 0 Å². The fourth-order valence-corrected chi connectivity index (χ4v) is 8.98. The van der Waals surface area contributed by atoms with Crippen LogP contribution >= 0.6 is 0 Å². The molecule has 154 valence electrons. The van der Waals surface area contributed by atoms with Gasteiger partial charge in [0.25, 0.3) is 8.32 Å². The van der Waals surface area contributed by atoms with Gasteiger partial charge in [-0.15, -0.1) is 11.8 Å². The zero-order valence-corrected chi connectivity index (χ0v) is 20.4. The molecule has 0 aromatic heterocycles. The lowest BCUT2D eigenvalue weighted by molar-refractivity contribution is 0.438. The van der Waals surface area contributed by atoms with E-state index in [-0.39, 0.29) is 5.41 Å². The summed E-state index contributed by atoms with van der Waals surface area (Å²) in [6, 6.07) is 10.6. The molecular weight excluding hydrogens is 356 g/mol. The number of hydrogen-bond acceptors (Lipinski definition) is 1. The molecule has 0 radical (unpaired) electrons. The SMILES string of the molecule is CC(C)[Si](OC#CC(C)(C)CC#CCCCc1ccccc1)(C(C)C)C(C)C. The van der Waals surface area contributed by atoms with Crippen molar-refractivity contribution < 1.29 is 4.43 Å². The molecule has 2 heteroatoms. The summed E-state index contributed by atoms with van der Waals surface area (Å²) >= 11 is 0. The summed E-state index contributed by atoms with van der Waals surface area (Å²) in [5.74, 6) is 10.0. The lowest BCUT2D eigenvalue weighted by Gasteiger charge is -2.39. The molecule has 1 aromatic carbocycles. The average Bonchev–Trinajstić information content (AvgIpc) is 2.61. The smallest absolute Gasteiger partial charge is 0.272 e. The van der Waals surface area contributed by atoms with Crippen LogP contribution in [0, 0.1) is 29.3 Å². The summed E-state index contributed by atoms with van der Waals surface area (Å²) in [5, 5.41) is 0. The van der Waals surface area contributed by atoms with Crippen LogP contribution in [0.15, 0.2) is 30.3 Å². The van der Waals surface area contributed by atoms with Crippen LogP contribution in [0.3, 0.4) is 0 Å². The van der Waals surface area contributed by atoms with Gasteiger partial charge in [0.15, 0.2) is 0 Å². The Morgan fingerprint density at radius 2 is 1.46 bits per heavy atom. The van der Waals surface area contributed by atoms with Gasteiger partial charge >= 0.3 is 0 Å². The van der Waals surface area contributed by atoms with E-state index in [1.54, 1.807) is 0 Å². The second kappa shape index (κ2) is 11.4. The van der Waals surface area contributed by atoms with Gasteiger partial charge in [-0.1, -0.05) is 77.8 Å². The van der Waals surface area contributed by atoms with Crippen molar-refractivity contribution in [2.24, 2.45) is 5.41 Å². The van der Waals surface area contributed by atoms with Crippen molar-refractivity contribution in [1.29, 1.82) is 0 Å². The molecule has 0 fully saturated rings. The van der Waals surface area contributed by atoms with Crippen molar-refractivity contribution in [2.75, 3.05) is 0 Å². The van der Waals surface area contributed by atoms with Gasteiger partial charge in [-0.3, -0.25) is 0 Å². The second-order valence-electron chi connectivity index (χ2n) is 9.40. The van der Waals surface area contributed by atoms with E-state index in [0.29, 0.717) is 16.6 Å². The zero-order chi connectivity index (χ0) is 21.2. The Bertz CT molecular complexity index is 671. The Kier molecular flexibility index (Phi) is 9.92. The van der Waals surface area contributed by atoms with Gasteiger partial charge in [-0.2, -0.15) is 0 Å². The Morgan fingerprint density at radius 3 is 2.00 bits per heavy atom. The topological polar surface area (TPSA) is 9.23 Å². The van der Waals surface area contributed by atoms with E-state index in [1.807, 2.05) is 0 Å². The normalized spacial score (nSPS) is 11.8. The summed E-state index contributed by atoms with van der Waals surface area (Å²) in [6.45, 7) is 18.1. The molecule has 0 bridgehead atoms. The van der Waals surface area contributed by atoms with Crippen molar-refractivity contribution >= 4 is 8.32 Å². The first-order valence-electron chi connectivity index (χ1n) is 10.8. The van der Waals surface area contributed by atoms with E-state index >= 15 is 0 Å². The standard InChI is InChI=1S/C26H40OSi/c1-22(2)28(23(3)4,24(5)6)27-21-20-26(7,8)19-15-10-9-12-16-25-17-13-11-14-18-25/h11,13-14,17-18,22-24H,9,12,16,19H2,1-8H3. The molecule has 0 saturated heterocycles. The Labute approximate surface area is 175 Å². The molecule has 0 aliphatic carbocycles. The maximum Gasteiger partial charge on any atom is 0.272 e. The molecule has 0 N–H and O–H groups in total. The van der Waals surface area contributed by atoms with Gasteiger partial charge in [0, 0.05) is 18.3 Å². The van der Waals surface area contributed by atoms with Gasteiger partial charge in [-0.25, -0.2) is 0 Å². The molecule has 0 amide bonds. The molecule has 28 heavy (non-hydrogen) atoms. The van der Waals surface area contributed by atoms with Crippen molar-refractivity contribution in [1.82, 2.24) is 0 Å². The minimum Gasteiger partial charge on any atom is -0.500 e.